The second kappa shape index (κ2) is 7.65. The summed E-state index contributed by atoms with van der Waals surface area (Å²) in [6.07, 6.45) is 0.940. The van der Waals surface area contributed by atoms with Crippen LogP contribution in [0.4, 0.5) is 0 Å². The number of aryl methyl sites for hydroxylation is 1. The minimum atomic E-state index is -3.70. The van der Waals surface area contributed by atoms with E-state index < -0.39 is 16.1 Å². The SMILES string of the molecule is CC(C)c1nc(S(=O)(=O)NCC[C@H](O)c2cccc(Cl)c2)cn1C. The number of nitrogens with zero attached hydrogens (tertiary/aromatic N) is 2. The van der Waals surface area contributed by atoms with Crippen molar-refractivity contribution in [2.45, 2.75) is 37.3 Å². The van der Waals surface area contributed by atoms with Crippen LogP contribution in [-0.2, 0) is 17.1 Å². The molecule has 0 fully saturated rings. The summed E-state index contributed by atoms with van der Waals surface area (Å²) >= 11 is 5.88. The zero-order valence-electron chi connectivity index (χ0n) is 13.9. The van der Waals surface area contributed by atoms with Gasteiger partial charge in [-0.3, -0.25) is 0 Å². The quantitative estimate of drug-likeness (QED) is 0.783. The third-order valence-corrected chi connectivity index (χ3v) is 5.19. The zero-order valence-corrected chi connectivity index (χ0v) is 15.5. The van der Waals surface area contributed by atoms with Crippen LogP contribution in [0.15, 0.2) is 35.5 Å². The maximum Gasteiger partial charge on any atom is 0.259 e. The van der Waals surface area contributed by atoms with Gasteiger partial charge in [-0.15, -0.1) is 0 Å². The maximum absolute atomic E-state index is 12.3. The Morgan fingerprint density at radius 3 is 2.67 bits per heavy atom. The van der Waals surface area contributed by atoms with Gasteiger partial charge in [0.25, 0.3) is 10.0 Å². The Balaban J connectivity index is 1.99. The molecule has 1 atom stereocenters. The number of rotatable bonds is 7. The van der Waals surface area contributed by atoms with E-state index in [-0.39, 0.29) is 23.9 Å². The molecular formula is C16H22ClN3O3S. The predicted molar refractivity (Wildman–Crippen MR) is 93.5 cm³/mol. The molecule has 0 saturated heterocycles. The van der Waals surface area contributed by atoms with Gasteiger partial charge in [0.15, 0.2) is 5.03 Å². The van der Waals surface area contributed by atoms with Crippen LogP contribution in [0.2, 0.25) is 5.02 Å². The van der Waals surface area contributed by atoms with Crippen LogP contribution in [0.5, 0.6) is 0 Å². The molecule has 0 bridgehead atoms. The molecular weight excluding hydrogens is 350 g/mol. The highest BCUT2D eigenvalue weighted by Crippen LogP contribution is 2.20. The van der Waals surface area contributed by atoms with E-state index in [1.54, 1.807) is 35.9 Å². The van der Waals surface area contributed by atoms with Gasteiger partial charge in [-0.25, -0.2) is 18.1 Å². The molecule has 0 aliphatic heterocycles. The molecule has 1 aromatic carbocycles. The molecule has 0 saturated carbocycles. The van der Waals surface area contributed by atoms with Crippen molar-refractivity contribution in [1.29, 1.82) is 0 Å². The number of halogens is 1. The number of imidazole rings is 1. The Morgan fingerprint density at radius 1 is 1.38 bits per heavy atom. The average Bonchev–Trinajstić information content (AvgIpc) is 2.90. The highest BCUT2D eigenvalue weighted by Gasteiger charge is 2.20. The highest BCUT2D eigenvalue weighted by molar-refractivity contribution is 7.89. The van der Waals surface area contributed by atoms with Crippen molar-refractivity contribution in [3.63, 3.8) is 0 Å². The lowest BCUT2D eigenvalue weighted by Gasteiger charge is -2.11. The van der Waals surface area contributed by atoms with Crippen molar-refractivity contribution in [2.75, 3.05) is 6.54 Å². The second-order valence-electron chi connectivity index (χ2n) is 5.96. The summed E-state index contributed by atoms with van der Waals surface area (Å²) in [7, 11) is -1.93. The molecule has 0 radical (unpaired) electrons. The van der Waals surface area contributed by atoms with Crippen LogP contribution in [0.1, 0.15) is 43.7 Å². The van der Waals surface area contributed by atoms with Crippen molar-refractivity contribution in [1.82, 2.24) is 14.3 Å². The van der Waals surface area contributed by atoms with Crippen LogP contribution >= 0.6 is 11.6 Å². The van der Waals surface area contributed by atoms with E-state index in [9.17, 15) is 13.5 Å². The highest BCUT2D eigenvalue weighted by atomic mass is 35.5. The molecule has 0 aliphatic rings. The van der Waals surface area contributed by atoms with Crippen LogP contribution < -0.4 is 4.72 Å². The summed E-state index contributed by atoms with van der Waals surface area (Å²) in [5.41, 5.74) is 0.654. The van der Waals surface area contributed by atoms with Gasteiger partial charge >= 0.3 is 0 Å². The van der Waals surface area contributed by atoms with Crippen LogP contribution in [0.3, 0.4) is 0 Å². The number of nitrogens with one attached hydrogen (secondary N) is 1. The lowest BCUT2D eigenvalue weighted by Crippen LogP contribution is -2.26. The van der Waals surface area contributed by atoms with Gasteiger partial charge in [0.1, 0.15) is 5.82 Å². The van der Waals surface area contributed by atoms with E-state index in [2.05, 4.69) is 9.71 Å². The standard InChI is InChI=1S/C16H22ClN3O3S/c1-11(2)16-19-15(10-20(16)3)24(22,23)18-8-7-14(21)12-5-4-6-13(17)9-12/h4-6,9-11,14,18,21H,7-8H2,1-3H3/t14-/m0/s1. The van der Waals surface area contributed by atoms with E-state index in [0.29, 0.717) is 16.4 Å². The normalized spacial score (nSPS) is 13.4. The van der Waals surface area contributed by atoms with E-state index >= 15 is 0 Å². The van der Waals surface area contributed by atoms with Gasteiger partial charge in [-0.05, 0) is 24.1 Å². The summed E-state index contributed by atoms with van der Waals surface area (Å²) in [6, 6.07) is 6.87. The minimum absolute atomic E-state index is 0.00838. The number of hydrogen-bond donors (Lipinski definition) is 2. The number of benzene rings is 1. The first-order valence-corrected chi connectivity index (χ1v) is 9.53. The molecule has 0 amide bonds. The molecule has 6 nitrogen and oxygen atoms in total. The third kappa shape index (κ3) is 4.57. The largest absolute Gasteiger partial charge is 0.388 e. The molecule has 0 unspecified atom stereocenters. The summed E-state index contributed by atoms with van der Waals surface area (Å²) in [5.74, 6) is 0.831. The van der Waals surface area contributed by atoms with E-state index in [0.717, 1.165) is 0 Å². The molecule has 0 spiro atoms. The van der Waals surface area contributed by atoms with Crippen LogP contribution in [0.25, 0.3) is 0 Å². The Bertz CT molecular complexity index is 803. The zero-order chi connectivity index (χ0) is 17.9. The molecule has 24 heavy (non-hydrogen) atoms. The van der Waals surface area contributed by atoms with E-state index in [1.807, 2.05) is 13.8 Å². The second-order valence-corrected chi connectivity index (χ2v) is 8.11. The fourth-order valence-electron chi connectivity index (χ4n) is 2.40. The van der Waals surface area contributed by atoms with Gasteiger partial charge in [0.2, 0.25) is 0 Å². The first-order chi connectivity index (χ1) is 11.2. The van der Waals surface area contributed by atoms with Gasteiger partial charge in [0.05, 0.1) is 6.10 Å². The van der Waals surface area contributed by atoms with E-state index in [1.165, 1.54) is 6.20 Å². The number of aliphatic hydroxyl groups is 1. The summed E-state index contributed by atoms with van der Waals surface area (Å²) < 4.78 is 28.8. The molecule has 8 heteroatoms. The lowest BCUT2D eigenvalue weighted by atomic mass is 10.1. The summed E-state index contributed by atoms with van der Waals surface area (Å²) in [6.45, 7) is 4.00. The summed E-state index contributed by atoms with van der Waals surface area (Å²) in [5, 5.41) is 10.6. The maximum atomic E-state index is 12.3. The fourth-order valence-corrected chi connectivity index (χ4v) is 3.65. The third-order valence-electron chi connectivity index (χ3n) is 3.63. The Hall–Kier alpha value is -1.41. The molecule has 0 aliphatic carbocycles. The monoisotopic (exact) mass is 371 g/mol. The molecule has 2 aromatic rings. The van der Waals surface area contributed by atoms with Crippen LogP contribution in [0, 0.1) is 0 Å². The fraction of sp³-hybridized carbons (Fsp3) is 0.438. The predicted octanol–water partition coefficient (Wildman–Crippen LogP) is 2.60. The summed E-state index contributed by atoms with van der Waals surface area (Å²) in [4.78, 5) is 4.18. The van der Waals surface area contributed by atoms with E-state index in [4.69, 9.17) is 11.6 Å². The van der Waals surface area contributed by atoms with Gasteiger partial charge in [-0.2, -0.15) is 0 Å². The molecule has 1 aromatic heterocycles. The van der Waals surface area contributed by atoms with Gasteiger partial charge in [-0.1, -0.05) is 37.6 Å². The molecule has 1 heterocycles. The number of aromatic nitrogens is 2. The topological polar surface area (TPSA) is 84.2 Å². The minimum Gasteiger partial charge on any atom is -0.388 e. The van der Waals surface area contributed by atoms with Gasteiger partial charge in [0, 0.05) is 30.7 Å². The number of aliphatic hydroxyl groups excluding tert-OH is 1. The first-order valence-electron chi connectivity index (χ1n) is 7.67. The average molecular weight is 372 g/mol. The molecule has 2 N–H and O–H groups in total. The van der Waals surface area contributed by atoms with Crippen LogP contribution in [-0.4, -0.2) is 29.6 Å². The molecule has 2 rings (SSSR count). The Labute approximate surface area is 147 Å². The number of sulfonamides is 1. The van der Waals surface area contributed by atoms with Crippen molar-refractivity contribution in [3.8, 4) is 0 Å². The van der Waals surface area contributed by atoms with Crippen molar-refractivity contribution < 1.29 is 13.5 Å². The molecule has 132 valence electrons. The van der Waals surface area contributed by atoms with Crippen molar-refractivity contribution >= 4 is 21.6 Å². The first kappa shape index (κ1) is 18.9. The number of hydrogen-bond acceptors (Lipinski definition) is 4. The smallest absolute Gasteiger partial charge is 0.259 e. The Morgan fingerprint density at radius 2 is 2.08 bits per heavy atom. The van der Waals surface area contributed by atoms with Crippen molar-refractivity contribution in [3.05, 3.63) is 46.9 Å². The van der Waals surface area contributed by atoms with Gasteiger partial charge < -0.3 is 9.67 Å². The van der Waals surface area contributed by atoms with Crippen molar-refractivity contribution in [2.24, 2.45) is 7.05 Å². The Kier molecular flexibility index (Phi) is 6.03. The lowest BCUT2D eigenvalue weighted by molar-refractivity contribution is 0.169.